The monoisotopic (exact) mass is 318 g/mol. The number of aromatic hydroxyl groups is 1. The Bertz CT molecular complexity index is 634. The van der Waals surface area contributed by atoms with Gasteiger partial charge in [-0.3, -0.25) is 4.79 Å². The Morgan fingerprint density at radius 2 is 1.96 bits per heavy atom. The Morgan fingerprint density at radius 3 is 2.43 bits per heavy atom. The van der Waals surface area contributed by atoms with Gasteiger partial charge in [-0.15, -0.1) is 0 Å². The van der Waals surface area contributed by atoms with E-state index in [1.807, 2.05) is 0 Å². The molecule has 1 rings (SSSR count). The van der Waals surface area contributed by atoms with Crippen LogP contribution >= 0.6 is 0 Å². The number of phenolic OH excluding ortho intramolecular Hbond substituents is 1. The van der Waals surface area contributed by atoms with Crippen LogP contribution in [0.1, 0.15) is 5.56 Å². The number of methoxy groups -OCH3 is 2. The molecule has 0 aliphatic heterocycles. The number of aliphatic hydroxyl groups excluding tert-OH is 1. The number of nitrogens with zero attached hydrogens (tertiary/aromatic N) is 1. The van der Waals surface area contributed by atoms with Gasteiger partial charge in [-0.05, 0) is 23.8 Å². The predicted molar refractivity (Wildman–Crippen MR) is 84.0 cm³/mol. The van der Waals surface area contributed by atoms with E-state index in [-0.39, 0.29) is 36.0 Å². The standard InChI is InChI=1S/C16H18N2O5/c1-22-13-8-11(9-14(23-2)15(13)20)4-3-5-12(10-17)16(21)18-6-7-19/h3-5,8-9,19-20H,6-7H2,1-2H3,(H,18,21)/b4-3+,12-5+. The van der Waals surface area contributed by atoms with Crippen LogP contribution in [-0.4, -0.2) is 43.5 Å². The van der Waals surface area contributed by atoms with Gasteiger partial charge >= 0.3 is 0 Å². The van der Waals surface area contributed by atoms with Crippen molar-refractivity contribution in [3.63, 3.8) is 0 Å². The second-order valence-corrected chi connectivity index (χ2v) is 4.30. The summed E-state index contributed by atoms with van der Waals surface area (Å²) in [6, 6.07) is 4.94. The third-order valence-electron chi connectivity index (χ3n) is 2.82. The van der Waals surface area contributed by atoms with Gasteiger partial charge in [-0.1, -0.05) is 12.2 Å². The van der Waals surface area contributed by atoms with E-state index in [0.29, 0.717) is 5.56 Å². The Balaban J connectivity index is 2.98. The third-order valence-corrected chi connectivity index (χ3v) is 2.82. The molecule has 3 N–H and O–H groups in total. The zero-order chi connectivity index (χ0) is 17.2. The van der Waals surface area contributed by atoms with Gasteiger partial charge in [0.1, 0.15) is 11.6 Å². The molecule has 0 heterocycles. The SMILES string of the molecule is COc1cc(/C=C/C=C(\C#N)C(=O)NCCO)cc(OC)c1O. The lowest BCUT2D eigenvalue weighted by molar-refractivity contribution is -0.117. The summed E-state index contributed by atoms with van der Waals surface area (Å²) in [5, 5.41) is 29.8. The molecule has 1 aromatic rings. The van der Waals surface area contributed by atoms with Gasteiger partial charge in [0.15, 0.2) is 11.5 Å². The predicted octanol–water partition coefficient (Wildman–Crippen LogP) is 0.981. The topological polar surface area (TPSA) is 112 Å². The van der Waals surface area contributed by atoms with Crippen molar-refractivity contribution >= 4 is 12.0 Å². The molecule has 7 nitrogen and oxygen atoms in total. The molecule has 0 unspecified atom stereocenters. The van der Waals surface area contributed by atoms with Crippen molar-refractivity contribution in [1.82, 2.24) is 5.32 Å². The van der Waals surface area contributed by atoms with Gasteiger partial charge in [0.2, 0.25) is 5.75 Å². The highest BCUT2D eigenvalue weighted by molar-refractivity contribution is 5.97. The number of nitrogens with one attached hydrogen (secondary N) is 1. The van der Waals surface area contributed by atoms with Gasteiger partial charge < -0.3 is 25.0 Å². The summed E-state index contributed by atoms with van der Waals surface area (Å²) >= 11 is 0. The van der Waals surface area contributed by atoms with Crippen molar-refractivity contribution in [3.8, 4) is 23.3 Å². The average molecular weight is 318 g/mol. The highest BCUT2D eigenvalue weighted by atomic mass is 16.5. The van der Waals surface area contributed by atoms with E-state index < -0.39 is 5.91 Å². The second kappa shape index (κ2) is 9.12. The Labute approximate surface area is 134 Å². The highest BCUT2D eigenvalue weighted by Gasteiger charge is 2.10. The van der Waals surface area contributed by atoms with E-state index in [1.165, 1.54) is 26.4 Å². The minimum Gasteiger partial charge on any atom is -0.502 e. The molecule has 0 aliphatic carbocycles. The lowest BCUT2D eigenvalue weighted by atomic mass is 10.1. The van der Waals surface area contributed by atoms with Gasteiger partial charge in [-0.25, -0.2) is 0 Å². The largest absolute Gasteiger partial charge is 0.502 e. The molecular weight excluding hydrogens is 300 g/mol. The van der Waals surface area contributed by atoms with E-state index in [9.17, 15) is 9.90 Å². The van der Waals surface area contributed by atoms with Crippen molar-refractivity contribution in [2.75, 3.05) is 27.4 Å². The summed E-state index contributed by atoms with van der Waals surface area (Å²) in [7, 11) is 2.84. The molecule has 0 saturated heterocycles. The maximum atomic E-state index is 11.6. The van der Waals surface area contributed by atoms with Crippen molar-refractivity contribution in [2.24, 2.45) is 0 Å². The van der Waals surface area contributed by atoms with Crippen molar-refractivity contribution < 1.29 is 24.5 Å². The number of allylic oxidation sites excluding steroid dienone is 2. The summed E-state index contributed by atoms with van der Waals surface area (Å²) in [5.74, 6) is -0.181. The summed E-state index contributed by atoms with van der Waals surface area (Å²) in [5.41, 5.74) is 0.563. The molecule has 0 radical (unpaired) electrons. The first-order valence-corrected chi connectivity index (χ1v) is 6.69. The van der Waals surface area contributed by atoms with Crippen molar-refractivity contribution in [1.29, 1.82) is 5.26 Å². The number of carbonyl (C=O) groups excluding carboxylic acids is 1. The van der Waals surface area contributed by atoms with Crippen LogP contribution in [0.2, 0.25) is 0 Å². The van der Waals surface area contributed by atoms with E-state index in [0.717, 1.165) is 0 Å². The minimum absolute atomic E-state index is 0.0773. The van der Waals surface area contributed by atoms with E-state index in [2.05, 4.69) is 5.32 Å². The van der Waals surface area contributed by atoms with Crippen LogP contribution in [0.3, 0.4) is 0 Å². The van der Waals surface area contributed by atoms with E-state index in [1.54, 1.807) is 24.3 Å². The maximum absolute atomic E-state index is 11.6. The molecule has 0 aliphatic rings. The molecule has 0 saturated carbocycles. The number of phenols is 1. The fourth-order valence-corrected chi connectivity index (χ4v) is 1.69. The number of carbonyl (C=O) groups is 1. The number of benzene rings is 1. The van der Waals surface area contributed by atoms with Crippen LogP contribution < -0.4 is 14.8 Å². The molecule has 0 fully saturated rings. The third kappa shape index (κ3) is 5.05. The normalized spacial score (nSPS) is 11.1. The molecule has 0 aromatic heterocycles. The Morgan fingerprint density at radius 1 is 1.35 bits per heavy atom. The molecule has 1 aromatic carbocycles. The van der Waals surface area contributed by atoms with Gasteiger partial charge in [0, 0.05) is 6.54 Å². The lowest BCUT2D eigenvalue weighted by Gasteiger charge is -2.09. The second-order valence-electron chi connectivity index (χ2n) is 4.30. The quantitative estimate of drug-likeness (QED) is 0.392. The molecule has 0 atom stereocenters. The van der Waals surface area contributed by atoms with Crippen LogP contribution in [0, 0.1) is 11.3 Å². The van der Waals surface area contributed by atoms with E-state index >= 15 is 0 Å². The summed E-state index contributed by atoms with van der Waals surface area (Å²) in [6.45, 7) is -0.124. The number of hydrogen-bond donors (Lipinski definition) is 3. The number of nitriles is 1. The zero-order valence-corrected chi connectivity index (χ0v) is 12.9. The lowest BCUT2D eigenvalue weighted by Crippen LogP contribution is -2.27. The Kier molecular flexibility index (Phi) is 7.17. The summed E-state index contributed by atoms with van der Waals surface area (Å²) in [6.07, 6.45) is 4.49. The fraction of sp³-hybridized carbons (Fsp3) is 0.250. The fourth-order valence-electron chi connectivity index (χ4n) is 1.69. The Hall–Kier alpha value is -2.98. The first kappa shape index (κ1) is 18.1. The smallest absolute Gasteiger partial charge is 0.262 e. The summed E-state index contributed by atoms with van der Waals surface area (Å²) < 4.78 is 10.1. The minimum atomic E-state index is -0.563. The first-order valence-electron chi connectivity index (χ1n) is 6.69. The van der Waals surface area contributed by atoms with E-state index in [4.69, 9.17) is 19.8 Å². The van der Waals surface area contributed by atoms with Gasteiger partial charge in [0.25, 0.3) is 5.91 Å². The molecule has 7 heteroatoms. The highest BCUT2D eigenvalue weighted by Crippen LogP contribution is 2.37. The molecule has 122 valence electrons. The summed E-state index contributed by atoms with van der Waals surface area (Å²) in [4.78, 5) is 11.6. The first-order chi connectivity index (χ1) is 11.1. The molecule has 0 spiro atoms. The number of ether oxygens (including phenoxy) is 2. The van der Waals surface area contributed by atoms with Crippen LogP contribution in [-0.2, 0) is 4.79 Å². The zero-order valence-electron chi connectivity index (χ0n) is 12.9. The van der Waals surface area contributed by atoms with Crippen LogP contribution in [0.4, 0.5) is 0 Å². The van der Waals surface area contributed by atoms with Crippen molar-refractivity contribution in [2.45, 2.75) is 0 Å². The number of hydrogen-bond acceptors (Lipinski definition) is 6. The average Bonchev–Trinajstić information content (AvgIpc) is 2.57. The molecule has 1 amide bonds. The number of aliphatic hydroxyl groups is 1. The van der Waals surface area contributed by atoms with Crippen LogP contribution in [0.15, 0.2) is 29.9 Å². The van der Waals surface area contributed by atoms with Gasteiger partial charge in [0.05, 0.1) is 20.8 Å². The molecule has 0 bridgehead atoms. The molecule has 23 heavy (non-hydrogen) atoms. The van der Waals surface area contributed by atoms with Gasteiger partial charge in [-0.2, -0.15) is 5.26 Å². The number of amides is 1. The van der Waals surface area contributed by atoms with Crippen molar-refractivity contribution in [3.05, 3.63) is 35.4 Å². The van der Waals surface area contributed by atoms with Crippen LogP contribution in [0.5, 0.6) is 17.2 Å². The molecular formula is C16H18N2O5. The maximum Gasteiger partial charge on any atom is 0.262 e. The number of rotatable bonds is 7. The van der Waals surface area contributed by atoms with Crippen LogP contribution in [0.25, 0.3) is 6.08 Å².